The van der Waals surface area contributed by atoms with Crippen molar-refractivity contribution in [3.63, 3.8) is 0 Å². The second-order valence-corrected chi connectivity index (χ2v) is 5.93. The second-order valence-electron chi connectivity index (χ2n) is 3.93. The maximum absolute atomic E-state index is 11.7. The molecule has 0 aromatic heterocycles. The predicted octanol–water partition coefficient (Wildman–Crippen LogP) is 1.32. The van der Waals surface area contributed by atoms with E-state index in [9.17, 15) is 13.2 Å². The van der Waals surface area contributed by atoms with Crippen LogP contribution in [-0.4, -0.2) is 20.5 Å². The van der Waals surface area contributed by atoms with Gasteiger partial charge in [-0.3, -0.25) is 0 Å². The summed E-state index contributed by atoms with van der Waals surface area (Å²) >= 11 is 0. The van der Waals surface area contributed by atoms with E-state index in [1.165, 1.54) is 0 Å². The Morgan fingerprint density at radius 2 is 2.20 bits per heavy atom. The Hall–Kier alpha value is -1.16. The van der Waals surface area contributed by atoms with Crippen molar-refractivity contribution in [2.24, 2.45) is 0 Å². The van der Waals surface area contributed by atoms with E-state index in [-0.39, 0.29) is 11.7 Å². The monoisotopic (exact) mass is 224 g/mol. The minimum atomic E-state index is -3.07. The van der Waals surface area contributed by atoms with Crippen LogP contribution in [0.4, 0.5) is 0 Å². The number of carbonyl (C=O) groups excluding carboxylic acids is 1. The van der Waals surface area contributed by atoms with Crippen LogP contribution in [0.25, 0.3) is 0 Å². The summed E-state index contributed by atoms with van der Waals surface area (Å²) in [5, 5.41) is 0. The molecular formula is C11H12O3S. The highest BCUT2D eigenvalue weighted by molar-refractivity contribution is 7.91. The van der Waals surface area contributed by atoms with Crippen LogP contribution in [0.5, 0.6) is 0 Å². The number of hydrogen-bond acceptors (Lipinski definition) is 3. The van der Waals surface area contributed by atoms with E-state index in [0.717, 1.165) is 17.4 Å². The van der Waals surface area contributed by atoms with Crippen LogP contribution in [0.1, 0.15) is 24.0 Å². The van der Waals surface area contributed by atoms with Crippen molar-refractivity contribution >= 4 is 16.1 Å². The van der Waals surface area contributed by atoms with Gasteiger partial charge in [0.15, 0.2) is 9.84 Å². The Bertz CT molecular complexity index is 503. The molecule has 1 aromatic carbocycles. The first-order valence-corrected chi connectivity index (χ1v) is 6.49. The number of hydrogen-bond donors (Lipinski definition) is 0. The van der Waals surface area contributed by atoms with Crippen LogP contribution < -0.4 is 0 Å². The Morgan fingerprint density at radius 1 is 1.47 bits per heavy atom. The average molecular weight is 224 g/mol. The second kappa shape index (κ2) is 3.45. The molecule has 1 heterocycles. The number of fused-ring (bicyclic) bond motifs is 1. The highest BCUT2D eigenvalue weighted by Gasteiger charge is 2.31. The molecule has 1 atom stereocenters. The lowest BCUT2D eigenvalue weighted by molar-refractivity contribution is -0.107. The molecule has 1 aliphatic heterocycles. The summed E-state index contributed by atoms with van der Waals surface area (Å²) in [5.41, 5.74) is 1.74. The van der Waals surface area contributed by atoms with Gasteiger partial charge in [-0.2, -0.15) is 0 Å². The molecule has 0 bridgehead atoms. The Kier molecular flexibility index (Phi) is 2.38. The van der Waals surface area contributed by atoms with Gasteiger partial charge in [-0.25, -0.2) is 8.42 Å². The van der Waals surface area contributed by atoms with Crippen LogP contribution in [0.3, 0.4) is 0 Å². The fraction of sp³-hybridized carbons (Fsp3) is 0.364. The van der Waals surface area contributed by atoms with E-state index in [4.69, 9.17) is 0 Å². The maximum Gasteiger partial charge on any atom is 0.179 e. The van der Waals surface area contributed by atoms with Crippen LogP contribution >= 0.6 is 0 Å². The van der Waals surface area contributed by atoms with Crippen molar-refractivity contribution in [1.82, 2.24) is 0 Å². The molecule has 4 heteroatoms. The van der Waals surface area contributed by atoms with Gasteiger partial charge in [-0.1, -0.05) is 19.1 Å². The molecule has 0 saturated carbocycles. The van der Waals surface area contributed by atoms with Gasteiger partial charge < -0.3 is 4.79 Å². The summed E-state index contributed by atoms with van der Waals surface area (Å²) in [6.45, 7) is 1.90. The van der Waals surface area contributed by atoms with E-state index in [2.05, 4.69) is 0 Å². The molecule has 0 fully saturated rings. The summed E-state index contributed by atoms with van der Waals surface area (Å²) in [6.07, 6.45) is 1.18. The predicted molar refractivity (Wildman–Crippen MR) is 56.7 cm³/mol. The molecule has 3 nitrogen and oxygen atoms in total. The van der Waals surface area contributed by atoms with Gasteiger partial charge in [0.25, 0.3) is 0 Å². The normalized spacial score (nSPS) is 22.3. The number of aldehydes is 1. The number of sulfone groups is 1. The fourth-order valence-corrected chi connectivity index (χ4v) is 3.91. The molecule has 15 heavy (non-hydrogen) atoms. The lowest BCUT2D eigenvalue weighted by Crippen LogP contribution is -2.00. The molecule has 1 aromatic rings. The molecule has 0 N–H and O–H groups in total. The summed E-state index contributed by atoms with van der Waals surface area (Å²) in [5.74, 6) is 0.226. The molecule has 0 spiro atoms. The third kappa shape index (κ3) is 1.69. The van der Waals surface area contributed by atoms with Crippen LogP contribution in [0, 0.1) is 0 Å². The number of carbonyl (C=O) groups is 1. The zero-order chi connectivity index (χ0) is 11.1. The first-order valence-electron chi connectivity index (χ1n) is 4.84. The molecule has 1 unspecified atom stereocenters. The van der Waals surface area contributed by atoms with Crippen molar-refractivity contribution in [3.8, 4) is 0 Å². The molecule has 0 amide bonds. The van der Waals surface area contributed by atoms with Crippen molar-refractivity contribution in [3.05, 3.63) is 29.3 Å². The summed E-state index contributed by atoms with van der Waals surface area (Å²) in [7, 11) is -3.07. The van der Waals surface area contributed by atoms with Gasteiger partial charge in [-0.15, -0.1) is 0 Å². The van der Waals surface area contributed by atoms with E-state index in [0.29, 0.717) is 11.3 Å². The number of rotatable bonds is 2. The van der Waals surface area contributed by atoms with Gasteiger partial charge in [0.05, 0.1) is 10.6 Å². The highest BCUT2D eigenvalue weighted by Crippen LogP contribution is 2.34. The van der Waals surface area contributed by atoms with Crippen LogP contribution in [0.15, 0.2) is 23.1 Å². The van der Waals surface area contributed by atoms with Gasteiger partial charge >= 0.3 is 0 Å². The molecule has 80 valence electrons. The molecule has 0 radical (unpaired) electrons. The van der Waals surface area contributed by atoms with Crippen LogP contribution in [-0.2, 0) is 21.1 Å². The van der Waals surface area contributed by atoms with Crippen molar-refractivity contribution in [2.45, 2.75) is 24.2 Å². The third-order valence-corrected chi connectivity index (χ3v) is 4.71. The Balaban J connectivity index is 2.55. The fourth-order valence-electron chi connectivity index (χ4n) is 2.00. The lowest BCUT2D eigenvalue weighted by Gasteiger charge is -2.03. The van der Waals surface area contributed by atoms with Crippen molar-refractivity contribution in [1.29, 1.82) is 0 Å². The standard InChI is InChI=1S/C11H12O3S/c1-8-7-15(13,14)11-3-2-9(4-5-12)6-10(8)11/h2-3,5-6,8H,4,7H2,1H3. The first-order chi connectivity index (χ1) is 7.04. The van der Waals surface area contributed by atoms with Gasteiger partial charge in [-0.05, 0) is 23.1 Å². The third-order valence-electron chi connectivity index (χ3n) is 2.73. The quantitative estimate of drug-likeness (QED) is 0.712. The van der Waals surface area contributed by atoms with Gasteiger partial charge in [0, 0.05) is 6.42 Å². The van der Waals surface area contributed by atoms with E-state index >= 15 is 0 Å². The maximum atomic E-state index is 11.7. The van der Waals surface area contributed by atoms with Crippen LogP contribution in [0.2, 0.25) is 0 Å². The van der Waals surface area contributed by atoms with E-state index in [1.54, 1.807) is 12.1 Å². The number of benzene rings is 1. The molecule has 1 aliphatic rings. The van der Waals surface area contributed by atoms with E-state index < -0.39 is 9.84 Å². The minimum absolute atomic E-state index is 0.0385. The minimum Gasteiger partial charge on any atom is -0.303 e. The molecule has 2 rings (SSSR count). The average Bonchev–Trinajstić information content (AvgIpc) is 2.38. The highest BCUT2D eigenvalue weighted by atomic mass is 32.2. The van der Waals surface area contributed by atoms with E-state index in [1.807, 2.05) is 13.0 Å². The van der Waals surface area contributed by atoms with Gasteiger partial charge in [0.1, 0.15) is 6.29 Å². The first kappa shape index (κ1) is 10.4. The Labute approximate surface area is 89.0 Å². The molecule has 0 aliphatic carbocycles. The zero-order valence-electron chi connectivity index (χ0n) is 8.43. The molecule has 0 saturated heterocycles. The zero-order valence-corrected chi connectivity index (χ0v) is 9.25. The summed E-state index contributed by atoms with van der Waals surface area (Å²) < 4.78 is 23.3. The van der Waals surface area contributed by atoms with Crippen molar-refractivity contribution in [2.75, 3.05) is 5.75 Å². The topological polar surface area (TPSA) is 51.2 Å². The SMILES string of the molecule is CC1CS(=O)(=O)c2ccc(CC=O)cc21. The Morgan fingerprint density at radius 3 is 2.87 bits per heavy atom. The van der Waals surface area contributed by atoms with Crippen molar-refractivity contribution < 1.29 is 13.2 Å². The summed E-state index contributed by atoms with van der Waals surface area (Å²) in [4.78, 5) is 10.8. The van der Waals surface area contributed by atoms with Gasteiger partial charge in [0.2, 0.25) is 0 Å². The molecular weight excluding hydrogens is 212 g/mol. The smallest absolute Gasteiger partial charge is 0.179 e. The summed E-state index contributed by atoms with van der Waals surface area (Å²) in [6, 6.07) is 5.16. The lowest BCUT2D eigenvalue weighted by atomic mass is 10.0. The largest absolute Gasteiger partial charge is 0.303 e.